The zero-order valence-corrected chi connectivity index (χ0v) is 12.7. The third-order valence-corrected chi connectivity index (χ3v) is 3.78. The molecule has 0 saturated carbocycles. The van der Waals surface area contributed by atoms with Crippen molar-refractivity contribution in [2.24, 2.45) is 0 Å². The van der Waals surface area contributed by atoms with E-state index in [1.54, 1.807) is 13.0 Å². The largest absolute Gasteiger partial charge is 0.416 e. The minimum atomic E-state index is -4.53. The number of hydrogen-bond acceptors (Lipinski definition) is 3. The van der Waals surface area contributed by atoms with Gasteiger partial charge in [0.25, 0.3) is 0 Å². The molecule has 1 aliphatic rings. The summed E-state index contributed by atoms with van der Waals surface area (Å²) in [6.45, 7) is 2.84. The molecule has 1 fully saturated rings. The van der Waals surface area contributed by atoms with E-state index >= 15 is 0 Å². The van der Waals surface area contributed by atoms with Crippen molar-refractivity contribution in [3.05, 3.63) is 34.2 Å². The third-order valence-electron chi connectivity index (χ3n) is 3.78. The van der Waals surface area contributed by atoms with E-state index in [9.17, 15) is 22.8 Å². The van der Waals surface area contributed by atoms with Crippen LogP contribution in [0.15, 0.2) is 23.1 Å². The molecule has 1 aromatic rings. The lowest BCUT2D eigenvalue weighted by Gasteiger charge is -2.40. The number of morpholine rings is 1. The van der Waals surface area contributed by atoms with E-state index in [0.29, 0.717) is 5.56 Å². The van der Waals surface area contributed by atoms with Crippen LogP contribution in [0, 0.1) is 0 Å². The van der Waals surface area contributed by atoms with Crippen molar-refractivity contribution in [3.8, 4) is 0 Å². The molecule has 3 unspecified atom stereocenters. The number of ether oxygens (including phenoxy) is 1. The number of hydrogen-bond donors (Lipinski definition) is 2. The first kappa shape index (κ1) is 17.3. The number of carbonyl (C=O) groups excluding carboxylic acids is 1. The van der Waals surface area contributed by atoms with Crippen LogP contribution >= 0.6 is 0 Å². The number of alkyl halides is 3. The average Bonchev–Trinajstić information content (AvgIpc) is 2.46. The van der Waals surface area contributed by atoms with E-state index in [2.05, 4.69) is 10.3 Å². The number of aromatic amines is 1. The average molecular weight is 333 g/mol. The molecule has 2 heterocycles. The van der Waals surface area contributed by atoms with E-state index < -0.39 is 30.4 Å². The van der Waals surface area contributed by atoms with E-state index in [-0.39, 0.29) is 18.7 Å². The van der Waals surface area contributed by atoms with Crippen LogP contribution in [0.4, 0.5) is 18.0 Å². The van der Waals surface area contributed by atoms with Gasteiger partial charge in [-0.2, -0.15) is 13.2 Å². The predicted molar refractivity (Wildman–Crippen MR) is 76.0 cm³/mol. The molecule has 2 rings (SSSR count). The second kappa shape index (κ2) is 6.61. The van der Waals surface area contributed by atoms with Gasteiger partial charge >= 0.3 is 12.2 Å². The molecule has 0 radical (unpaired) electrons. The molecule has 1 aliphatic heterocycles. The Morgan fingerprint density at radius 3 is 2.83 bits per heavy atom. The second-order valence-electron chi connectivity index (χ2n) is 5.42. The van der Waals surface area contributed by atoms with Crippen molar-refractivity contribution in [3.63, 3.8) is 0 Å². The number of H-pyrrole nitrogens is 1. The fourth-order valence-electron chi connectivity index (χ4n) is 2.52. The summed E-state index contributed by atoms with van der Waals surface area (Å²) in [5, 5.41) is 2.61. The van der Waals surface area contributed by atoms with Crippen LogP contribution in [-0.2, 0) is 4.74 Å². The Morgan fingerprint density at radius 1 is 1.52 bits per heavy atom. The summed E-state index contributed by atoms with van der Waals surface area (Å²) in [4.78, 5) is 27.1. The smallest absolute Gasteiger partial charge is 0.365 e. The van der Waals surface area contributed by atoms with Crippen LogP contribution in [0.3, 0.4) is 0 Å². The number of rotatable bonds is 2. The molecular formula is C14H18F3N3O3. The third kappa shape index (κ3) is 4.04. The summed E-state index contributed by atoms with van der Waals surface area (Å²) in [5.41, 5.74) is 0.246. The Morgan fingerprint density at radius 2 is 2.22 bits per heavy atom. The molecule has 128 valence electrons. The van der Waals surface area contributed by atoms with Gasteiger partial charge in [0.15, 0.2) is 6.10 Å². The van der Waals surface area contributed by atoms with Crippen molar-refractivity contribution < 1.29 is 22.7 Å². The van der Waals surface area contributed by atoms with Crippen LogP contribution in [0.2, 0.25) is 0 Å². The van der Waals surface area contributed by atoms with Gasteiger partial charge in [-0.3, -0.25) is 4.79 Å². The first-order chi connectivity index (χ1) is 10.7. The first-order valence-electron chi connectivity index (χ1n) is 7.14. The van der Waals surface area contributed by atoms with E-state index in [0.717, 1.165) is 4.90 Å². The normalized spacial score (nSPS) is 23.4. The van der Waals surface area contributed by atoms with Crippen molar-refractivity contribution in [2.75, 3.05) is 13.2 Å². The van der Waals surface area contributed by atoms with Gasteiger partial charge in [-0.15, -0.1) is 0 Å². The Bertz CT molecular complexity index is 617. The van der Waals surface area contributed by atoms with Gasteiger partial charge in [-0.1, -0.05) is 0 Å². The van der Waals surface area contributed by atoms with E-state index in [1.807, 2.05) is 0 Å². The zero-order valence-electron chi connectivity index (χ0n) is 12.7. The molecular weight excluding hydrogens is 315 g/mol. The predicted octanol–water partition coefficient (Wildman–Crippen LogP) is 1.80. The maximum atomic E-state index is 12.9. The maximum absolute atomic E-state index is 12.9. The number of nitrogens with zero attached hydrogens (tertiary/aromatic N) is 1. The summed E-state index contributed by atoms with van der Waals surface area (Å²) < 4.78 is 43.4. The number of carbonyl (C=O) groups is 1. The molecule has 0 bridgehead atoms. The molecule has 3 atom stereocenters. The summed E-state index contributed by atoms with van der Waals surface area (Å²) in [6, 6.07) is 0.682. The van der Waals surface area contributed by atoms with E-state index in [1.165, 1.54) is 19.2 Å². The Labute approximate surface area is 130 Å². The SMILES string of the molecule is CC(NC(=O)N1CCOC(C(F)(F)F)C1C)c1cc[nH]c(=O)c1. The molecule has 6 nitrogen and oxygen atoms in total. The van der Waals surface area contributed by atoms with Crippen LogP contribution < -0.4 is 10.9 Å². The Hall–Kier alpha value is -2.03. The number of halogens is 3. The first-order valence-corrected chi connectivity index (χ1v) is 7.14. The zero-order chi connectivity index (χ0) is 17.2. The van der Waals surface area contributed by atoms with Gasteiger partial charge in [0.1, 0.15) is 0 Å². The maximum Gasteiger partial charge on any atom is 0.416 e. The van der Waals surface area contributed by atoms with Crippen molar-refractivity contribution in [1.82, 2.24) is 15.2 Å². The number of urea groups is 1. The minimum Gasteiger partial charge on any atom is -0.365 e. The standard InChI is InChI=1S/C14H18F3N3O3/c1-8(10-3-4-18-11(21)7-10)19-13(22)20-5-6-23-12(9(20)2)14(15,16)17/h3-4,7-9,12H,5-6H2,1-2H3,(H,18,21)(H,19,22). The second-order valence-corrected chi connectivity index (χ2v) is 5.42. The Balaban J connectivity index is 2.06. The van der Waals surface area contributed by atoms with E-state index in [4.69, 9.17) is 4.74 Å². The van der Waals surface area contributed by atoms with Gasteiger partial charge in [0.2, 0.25) is 5.56 Å². The fraction of sp³-hybridized carbons (Fsp3) is 0.571. The summed E-state index contributed by atoms with van der Waals surface area (Å²) in [6.07, 6.45) is -5.09. The molecule has 1 aromatic heterocycles. The van der Waals surface area contributed by atoms with Gasteiger partial charge in [0, 0.05) is 18.8 Å². The highest BCUT2D eigenvalue weighted by Crippen LogP contribution is 2.30. The fourth-order valence-corrected chi connectivity index (χ4v) is 2.52. The Kier molecular flexibility index (Phi) is 4.98. The molecule has 1 saturated heterocycles. The molecule has 0 aromatic carbocycles. The van der Waals surface area contributed by atoms with Crippen LogP contribution in [0.5, 0.6) is 0 Å². The number of pyridine rings is 1. The van der Waals surface area contributed by atoms with Gasteiger partial charge in [0.05, 0.1) is 18.7 Å². The summed E-state index contributed by atoms with van der Waals surface area (Å²) in [7, 11) is 0. The molecule has 9 heteroatoms. The minimum absolute atomic E-state index is 0.0711. The molecule has 23 heavy (non-hydrogen) atoms. The lowest BCUT2D eigenvalue weighted by molar-refractivity contribution is -0.246. The molecule has 0 spiro atoms. The highest BCUT2D eigenvalue weighted by molar-refractivity contribution is 5.75. The number of amides is 2. The highest BCUT2D eigenvalue weighted by atomic mass is 19.4. The number of nitrogens with one attached hydrogen (secondary N) is 2. The molecule has 2 N–H and O–H groups in total. The quantitative estimate of drug-likeness (QED) is 0.867. The van der Waals surface area contributed by atoms with Gasteiger partial charge < -0.3 is 19.9 Å². The highest BCUT2D eigenvalue weighted by Gasteiger charge is 2.49. The number of aromatic nitrogens is 1. The van der Waals surface area contributed by atoms with Crippen LogP contribution in [-0.4, -0.2) is 47.4 Å². The van der Waals surface area contributed by atoms with Crippen molar-refractivity contribution in [2.45, 2.75) is 38.2 Å². The van der Waals surface area contributed by atoms with Gasteiger partial charge in [-0.25, -0.2) is 4.79 Å². The molecule has 0 aliphatic carbocycles. The molecule has 2 amide bonds. The lowest BCUT2D eigenvalue weighted by Crippen LogP contribution is -2.59. The lowest BCUT2D eigenvalue weighted by atomic mass is 10.1. The summed E-state index contributed by atoms with van der Waals surface area (Å²) >= 11 is 0. The van der Waals surface area contributed by atoms with Crippen LogP contribution in [0.25, 0.3) is 0 Å². The van der Waals surface area contributed by atoms with Crippen LogP contribution in [0.1, 0.15) is 25.5 Å². The van der Waals surface area contributed by atoms with Crippen molar-refractivity contribution in [1.29, 1.82) is 0 Å². The van der Waals surface area contributed by atoms with Crippen molar-refractivity contribution >= 4 is 6.03 Å². The summed E-state index contributed by atoms with van der Waals surface area (Å²) in [5.74, 6) is 0. The topological polar surface area (TPSA) is 74.4 Å². The van der Waals surface area contributed by atoms with Gasteiger partial charge in [-0.05, 0) is 25.5 Å². The monoisotopic (exact) mass is 333 g/mol.